The fourth-order valence-corrected chi connectivity index (χ4v) is 2.05. The minimum absolute atomic E-state index is 0.114. The van der Waals surface area contributed by atoms with Crippen LogP contribution < -0.4 is 5.32 Å². The van der Waals surface area contributed by atoms with E-state index >= 15 is 0 Å². The van der Waals surface area contributed by atoms with Crippen LogP contribution in [0.3, 0.4) is 0 Å². The lowest BCUT2D eigenvalue weighted by molar-refractivity contribution is -0.126. The number of amides is 1. The first-order valence-electron chi connectivity index (χ1n) is 6.13. The third-order valence-electron chi connectivity index (χ3n) is 3.47. The Hall–Kier alpha value is -1.86. The van der Waals surface area contributed by atoms with Gasteiger partial charge in [0.1, 0.15) is 5.41 Å². The van der Waals surface area contributed by atoms with Crippen molar-refractivity contribution in [2.45, 2.75) is 25.7 Å². The van der Waals surface area contributed by atoms with Crippen molar-refractivity contribution < 1.29 is 9.90 Å². The highest BCUT2D eigenvalue weighted by Crippen LogP contribution is 2.41. The molecule has 1 aromatic carbocycles. The van der Waals surface area contributed by atoms with Crippen LogP contribution in [0.15, 0.2) is 24.3 Å². The first-order valence-corrected chi connectivity index (χ1v) is 6.13. The van der Waals surface area contributed by atoms with E-state index in [-0.39, 0.29) is 12.5 Å². The molecule has 1 fully saturated rings. The molecule has 0 atom stereocenters. The summed E-state index contributed by atoms with van der Waals surface area (Å²) in [6.45, 7) is 0.114. The minimum Gasteiger partial charge on any atom is -0.396 e. The van der Waals surface area contributed by atoms with Crippen molar-refractivity contribution in [2.24, 2.45) is 5.41 Å². The van der Waals surface area contributed by atoms with Crippen LogP contribution in [-0.4, -0.2) is 17.6 Å². The molecule has 1 aliphatic carbocycles. The normalized spacial score (nSPS) is 16.4. The maximum absolute atomic E-state index is 12.0. The van der Waals surface area contributed by atoms with E-state index < -0.39 is 5.41 Å². The largest absolute Gasteiger partial charge is 0.396 e. The molecule has 94 valence electrons. The number of aliphatic hydroxyl groups is 1. The molecule has 1 amide bonds. The molecule has 0 radical (unpaired) electrons. The van der Waals surface area contributed by atoms with Gasteiger partial charge in [-0.1, -0.05) is 12.1 Å². The molecule has 1 aromatic rings. The van der Waals surface area contributed by atoms with Gasteiger partial charge in [-0.2, -0.15) is 5.26 Å². The molecule has 0 bridgehead atoms. The number of hydrogen-bond donors (Lipinski definition) is 2. The standard InChI is InChI=1S/C14H16N2O2/c15-10-14(7-1-8-14)13(18)16-12-4-2-11(3-5-12)6-9-17/h2-5,17H,1,6-9H2,(H,16,18). The number of anilines is 1. The maximum Gasteiger partial charge on any atom is 0.244 e. The smallest absolute Gasteiger partial charge is 0.244 e. The molecular weight excluding hydrogens is 228 g/mol. The first kappa shape index (κ1) is 12.6. The van der Waals surface area contributed by atoms with E-state index in [4.69, 9.17) is 10.4 Å². The summed E-state index contributed by atoms with van der Waals surface area (Å²) in [5.41, 5.74) is 0.904. The van der Waals surface area contributed by atoms with Gasteiger partial charge in [0.2, 0.25) is 5.91 Å². The van der Waals surface area contributed by atoms with E-state index in [1.807, 2.05) is 12.1 Å². The van der Waals surface area contributed by atoms with Gasteiger partial charge in [-0.25, -0.2) is 0 Å². The zero-order valence-electron chi connectivity index (χ0n) is 10.1. The molecule has 4 nitrogen and oxygen atoms in total. The fraction of sp³-hybridized carbons (Fsp3) is 0.429. The van der Waals surface area contributed by atoms with Crippen LogP contribution in [-0.2, 0) is 11.2 Å². The van der Waals surface area contributed by atoms with E-state index in [0.717, 1.165) is 12.0 Å². The number of carbonyl (C=O) groups is 1. The lowest BCUT2D eigenvalue weighted by Gasteiger charge is -2.33. The Morgan fingerprint density at radius 1 is 1.39 bits per heavy atom. The Kier molecular flexibility index (Phi) is 3.63. The first-order chi connectivity index (χ1) is 8.70. The molecule has 1 saturated carbocycles. The highest BCUT2D eigenvalue weighted by molar-refractivity contribution is 5.97. The van der Waals surface area contributed by atoms with Crippen LogP contribution in [0.25, 0.3) is 0 Å². The van der Waals surface area contributed by atoms with Gasteiger partial charge in [0, 0.05) is 12.3 Å². The van der Waals surface area contributed by atoms with Gasteiger partial charge in [-0.3, -0.25) is 4.79 Å². The van der Waals surface area contributed by atoms with Crippen LogP contribution in [0.4, 0.5) is 5.69 Å². The summed E-state index contributed by atoms with van der Waals surface area (Å²) in [5.74, 6) is -0.203. The lowest BCUT2D eigenvalue weighted by Crippen LogP contribution is -2.40. The zero-order chi connectivity index (χ0) is 13.0. The molecule has 1 aliphatic rings. The van der Waals surface area contributed by atoms with Gasteiger partial charge in [0.25, 0.3) is 0 Å². The Balaban J connectivity index is 2.01. The number of nitriles is 1. The summed E-state index contributed by atoms with van der Waals surface area (Å²) in [4.78, 5) is 12.0. The Labute approximate surface area is 106 Å². The van der Waals surface area contributed by atoms with Crippen LogP contribution in [0.5, 0.6) is 0 Å². The van der Waals surface area contributed by atoms with E-state index in [1.165, 1.54) is 0 Å². The zero-order valence-corrected chi connectivity index (χ0v) is 10.1. The summed E-state index contributed by atoms with van der Waals surface area (Å²) >= 11 is 0. The molecule has 4 heteroatoms. The molecule has 0 aliphatic heterocycles. The highest BCUT2D eigenvalue weighted by Gasteiger charge is 2.44. The van der Waals surface area contributed by atoms with Gasteiger partial charge in [0.05, 0.1) is 6.07 Å². The number of carbonyl (C=O) groups excluding carboxylic acids is 1. The second-order valence-electron chi connectivity index (χ2n) is 4.67. The molecule has 18 heavy (non-hydrogen) atoms. The highest BCUT2D eigenvalue weighted by atomic mass is 16.2. The summed E-state index contributed by atoms with van der Waals surface area (Å²) in [6, 6.07) is 9.45. The Morgan fingerprint density at radius 3 is 2.50 bits per heavy atom. The average molecular weight is 244 g/mol. The number of nitrogens with one attached hydrogen (secondary N) is 1. The quantitative estimate of drug-likeness (QED) is 0.849. The number of aliphatic hydroxyl groups excluding tert-OH is 1. The number of benzene rings is 1. The molecule has 0 heterocycles. The minimum atomic E-state index is -0.816. The maximum atomic E-state index is 12.0. The third-order valence-corrected chi connectivity index (χ3v) is 3.47. The molecule has 0 unspecified atom stereocenters. The number of hydrogen-bond acceptors (Lipinski definition) is 3. The topological polar surface area (TPSA) is 73.1 Å². The van der Waals surface area contributed by atoms with Crippen LogP contribution in [0, 0.1) is 16.7 Å². The predicted molar refractivity (Wildman–Crippen MR) is 67.8 cm³/mol. The molecule has 0 saturated heterocycles. The Bertz CT molecular complexity index is 470. The van der Waals surface area contributed by atoms with Crippen molar-refractivity contribution in [3.8, 4) is 6.07 Å². The van der Waals surface area contributed by atoms with Gasteiger partial charge in [-0.15, -0.1) is 0 Å². The van der Waals surface area contributed by atoms with Gasteiger partial charge < -0.3 is 10.4 Å². The van der Waals surface area contributed by atoms with Crippen molar-refractivity contribution in [2.75, 3.05) is 11.9 Å². The monoisotopic (exact) mass is 244 g/mol. The SMILES string of the molecule is N#CC1(C(=O)Nc2ccc(CCO)cc2)CCC1. The van der Waals surface area contributed by atoms with Crippen LogP contribution in [0.2, 0.25) is 0 Å². The fourth-order valence-electron chi connectivity index (χ4n) is 2.05. The molecule has 2 rings (SSSR count). The van der Waals surface area contributed by atoms with Crippen molar-refractivity contribution >= 4 is 11.6 Å². The van der Waals surface area contributed by atoms with Crippen LogP contribution in [0.1, 0.15) is 24.8 Å². The second kappa shape index (κ2) is 5.19. The van der Waals surface area contributed by atoms with Gasteiger partial charge in [-0.05, 0) is 43.4 Å². The van der Waals surface area contributed by atoms with Crippen molar-refractivity contribution in [3.05, 3.63) is 29.8 Å². The average Bonchev–Trinajstić information content (AvgIpc) is 2.31. The van der Waals surface area contributed by atoms with Gasteiger partial charge in [0.15, 0.2) is 0 Å². The van der Waals surface area contributed by atoms with Crippen LogP contribution >= 0.6 is 0 Å². The van der Waals surface area contributed by atoms with Gasteiger partial charge >= 0.3 is 0 Å². The summed E-state index contributed by atoms with van der Waals surface area (Å²) < 4.78 is 0. The predicted octanol–water partition coefficient (Wildman–Crippen LogP) is 1.85. The molecular formula is C14H16N2O2. The number of rotatable bonds is 4. The summed E-state index contributed by atoms with van der Waals surface area (Å²) in [5, 5.41) is 20.6. The molecule has 0 spiro atoms. The van der Waals surface area contributed by atoms with E-state index in [9.17, 15) is 4.79 Å². The van der Waals surface area contributed by atoms with E-state index in [1.54, 1.807) is 12.1 Å². The number of nitrogens with zero attached hydrogens (tertiary/aromatic N) is 1. The van der Waals surface area contributed by atoms with Crippen molar-refractivity contribution in [1.82, 2.24) is 0 Å². The lowest BCUT2D eigenvalue weighted by atomic mass is 9.69. The summed E-state index contributed by atoms with van der Waals surface area (Å²) in [7, 11) is 0. The van der Waals surface area contributed by atoms with E-state index in [2.05, 4.69) is 11.4 Å². The van der Waals surface area contributed by atoms with Crippen molar-refractivity contribution in [3.63, 3.8) is 0 Å². The molecule has 0 aromatic heterocycles. The van der Waals surface area contributed by atoms with E-state index in [0.29, 0.717) is 24.9 Å². The summed E-state index contributed by atoms with van der Waals surface area (Å²) in [6.07, 6.45) is 2.85. The van der Waals surface area contributed by atoms with Crippen molar-refractivity contribution in [1.29, 1.82) is 5.26 Å². The molecule has 2 N–H and O–H groups in total. The Morgan fingerprint density at radius 2 is 2.06 bits per heavy atom. The third kappa shape index (κ3) is 2.36. The second-order valence-corrected chi connectivity index (χ2v) is 4.67.